The third-order valence-corrected chi connectivity index (χ3v) is 5.03. The van der Waals surface area contributed by atoms with E-state index in [0.717, 1.165) is 36.4 Å². The first-order valence-corrected chi connectivity index (χ1v) is 9.30. The zero-order valence-corrected chi connectivity index (χ0v) is 15.4. The van der Waals surface area contributed by atoms with Crippen molar-refractivity contribution >= 4 is 50.3 Å². The zero-order chi connectivity index (χ0) is 17.8. The molecular weight excluding hydrogens is 364 g/mol. The largest absolute Gasteiger partial charge is 0.448 e. The highest BCUT2D eigenvalue weighted by Crippen LogP contribution is 2.27. The number of nitrogens with one attached hydrogen (secondary N) is 1. The number of likely N-dealkylation sites (N-methyl/N-ethyl adjacent to an activating group) is 1. The Morgan fingerprint density at radius 3 is 2.80 bits per heavy atom. The van der Waals surface area contributed by atoms with Crippen molar-refractivity contribution in [2.45, 2.75) is 0 Å². The van der Waals surface area contributed by atoms with Crippen molar-refractivity contribution < 1.29 is 14.3 Å². The van der Waals surface area contributed by atoms with Gasteiger partial charge in [-0.1, -0.05) is 11.3 Å². The average molecular weight is 383 g/mol. The molecule has 1 saturated heterocycles. The number of thiazole rings is 1. The highest BCUT2D eigenvalue weighted by Gasteiger charge is 2.21. The lowest BCUT2D eigenvalue weighted by atomic mass is 10.1. The van der Waals surface area contributed by atoms with E-state index < -0.39 is 6.09 Å². The summed E-state index contributed by atoms with van der Waals surface area (Å²) in [6.45, 7) is 3.37. The summed E-state index contributed by atoms with van der Waals surface area (Å²) in [5.74, 6) is 0.268. The first-order chi connectivity index (χ1) is 12.1. The van der Waals surface area contributed by atoms with Gasteiger partial charge in [-0.3, -0.25) is 10.1 Å². The van der Waals surface area contributed by atoms with Gasteiger partial charge in [-0.2, -0.15) is 0 Å². The van der Waals surface area contributed by atoms with Crippen LogP contribution in [0.2, 0.25) is 0 Å². The van der Waals surface area contributed by atoms with Crippen LogP contribution in [0, 0.1) is 0 Å². The molecule has 0 bridgehead atoms. The van der Waals surface area contributed by atoms with Gasteiger partial charge in [-0.15, -0.1) is 11.6 Å². The van der Waals surface area contributed by atoms with Crippen molar-refractivity contribution in [3.8, 4) is 0 Å². The second-order valence-electron chi connectivity index (χ2n) is 5.75. The average Bonchev–Trinajstić information content (AvgIpc) is 3.01. The molecule has 1 N–H and O–H groups in total. The minimum absolute atomic E-state index is 0.0273. The van der Waals surface area contributed by atoms with Crippen LogP contribution in [0.1, 0.15) is 10.4 Å². The Balaban J connectivity index is 1.71. The van der Waals surface area contributed by atoms with Crippen LogP contribution < -0.4 is 5.32 Å². The Kier molecular flexibility index (Phi) is 5.72. The van der Waals surface area contributed by atoms with Crippen molar-refractivity contribution in [1.82, 2.24) is 14.8 Å². The van der Waals surface area contributed by atoms with Crippen molar-refractivity contribution in [3.63, 3.8) is 0 Å². The van der Waals surface area contributed by atoms with E-state index in [-0.39, 0.29) is 18.4 Å². The van der Waals surface area contributed by atoms with Crippen molar-refractivity contribution in [2.75, 3.05) is 51.0 Å². The normalized spacial score (nSPS) is 15.4. The Hall–Kier alpha value is -1.90. The molecule has 2 amide bonds. The van der Waals surface area contributed by atoms with Crippen LogP contribution in [-0.2, 0) is 4.74 Å². The molecule has 1 aliphatic heterocycles. The molecule has 0 atom stereocenters. The number of rotatable bonds is 4. The number of aromatic nitrogens is 1. The second-order valence-corrected chi connectivity index (χ2v) is 7.16. The summed E-state index contributed by atoms with van der Waals surface area (Å²) in [6, 6.07) is 5.39. The third kappa shape index (κ3) is 4.39. The van der Waals surface area contributed by atoms with Crippen LogP contribution >= 0.6 is 22.9 Å². The number of amides is 2. The van der Waals surface area contributed by atoms with Crippen LogP contribution in [0.25, 0.3) is 10.2 Å². The van der Waals surface area contributed by atoms with Crippen LogP contribution in [0.15, 0.2) is 18.2 Å². The van der Waals surface area contributed by atoms with E-state index in [1.54, 1.807) is 12.1 Å². The molecule has 1 fully saturated rings. The molecule has 25 heavy (non-hydrogen) atoms. The van der Waals surface area contributed by atoms with E-state index in [2.05, 4.69) is 22.2 Å². The lowest BCUT2D eigenvalue weighted by Crippen LogP contribution is -2.47. The predicted octanol–water partition coefficient (Wildman–Crippen LogP) is 2.47. The number of benzene rings is 1. The van der Waals surface area contributed by atoms with Gasteiger partial charge in [-0.25, -0.2) is 9.78 Å². The van der Waals surface area contributed by atoms with Gasteiger partial charge in [0.25, 0.3) is 5.91 Å². The van der Waals surface area contributed by atoms with Gasteiger partial charge in [-0.05, 0) is 25.2 Å². The summed E-state index contributed by atoms with van der Waals surface area (Å²) in [6.07, 6.45) is -0.589. The van der Waals surface area contributed by atoms with Crippen LogP contribution in [-0.4, -0.2) is 72.5 Å². The highest BCUT2D eigenvalue weighted by molar-refractivity contribution is 7.22. The molecule has 1 aromatic carbocycles. The lowest BCUT2D eigenvalue weighted by Gasteiger charge is -2.32. The molecule has 0 spiro atoms. The zero-order valence-electron chi connectivity index (χ0n) is 13.8. The fourth-order valence-corrected chi connectivity index (χ4v) is 3.53. The topological polar surface area (TPSA) is 74.8 Å². The number of alkyl halides is 1. The maximum absolute atomic E-state index is 12.6. The lowest BCUT2D eigenvalue weighted by molar-refractivity contribution is 0.0664. The minimum Gasteiger partial charge on any atom is -0.448 e. The molecule has 134 valence electrons. The fraction of sp³-hybridized carbons (Fsp3) is 0.438. The summed E-state index contributed by atoms with van der Waals surface area (Å²) < 4.78 is 5.70. The number of carbonyl (C=O) groups excluding carboxylic acids is 2. The molecule has 9 heteroatoms. The molecule has 0 saturated carbocycles. The van der Waals surface area contributed by atoms with E-state index in [9.17, 15) is 9.59 Å². The maximum Gasteiger partial charge on any atom is 0.413 e. The SMILES string of the molecule is CN1CCN(C(=O)c2ccc3nc(NC(=O)OCCCl)sc3c2)CC1. The van der Waals surface area contributed by atoms with Gasteiger partial charge in [0.05, 0.1) is 16.1 Å². The van der Waals surface area contributed by atoms with Gasteiger partial charge in [0.15, 0.2) is 5.13 Å². The Labute approximate surface area is 154 Å². The van der Waals surface area contributed by atoms with E-state index >= 15 is 0 Å². The van der Waals surface area contributed by atoms with Gasteiger partial charge >= 0.3 is 6.09 Å². The number of halogens is 1. The number of hydrogen-bond acceptors (Lipinski definition) is 6. The number of ether oxygens (including phenoxy) is 1. The quantitative estimate of drug-likeness (QED) is 0.822. The Bertz CT molecular complexity index is 774. The van der Waals surface area contributed by atoms with E-state index in [4.69, 9.17) is 16.3 Å². The summed E-state index contributed by atoms with van der Waals surface area (Å²) in [7, 11) is 2.05. The predicted molar refractivity (Wildman–Crippen MR) is 98.7 cm³/mol. The first-order valence-electron chi connectivity index (χ1n) is 7.95. The molecule has 0 radical (unpaired) electrons. The van der Waals surface area contributed by atoms with Crippen LogP contribution in [0.3, 0.4) is 0 Å². The molecule has 0 unspecified atom stereocenters. The van der Waals surface area contributed by atoms with Gasteiger partial charge < -0.3 is 14.5 Å². The Morgan fingerprint density at radius 1 is 1.32 bits per heavy atom. The van der Waals surface area contributed by atoms with Crippen molar-refractivity contribution in [3.05, 3.63) is 23.8 Å². The van der Waals surface area contributed by atoms with Crippen LogP contribution in [0.4, 0.5) is 9.93 Å². The van der Waals surface area contributed by atoms with Gasteiger partial charge in [0.1, 0.15) is 6.61 Å². The van der Waals surface area contributed by atoms with Crippen LogP contribution in [0.5, 0.6) is 0 Å². The third-order valence-electron chi connectivity index (χ3n) is 3.95. The number of hydrogen-bond donors (Lipinski definition) is 1. The minimum atomic E-state index is -0.589. The number of anilines is 1. The highest BCUT2D eigenvalue weighted by atomic mass is 35.5. The molecule has 2 heterocycles. The number of nitrogens with zero attached hydrogens (tertiary/aromatic N) is 3. The summed E-state index contributed by atoms with van der Waals surface area (Å²) in [5.41, 5.74) is 1.37. The standard InChI is InChI=1S/C16H19ClN4O3S/c1-20-5-7-21(8-6-20)14(22)11-2-3-12-13(10-11)25-15(18-12)19-16(23)24-9-4-17/h2-3,10H,4-9H2,1H3,(H,18,19,23). The monoisotopic (exact) mass is 382 g/mol. The molecule has 2 aromatic rings. The van der Waals surface area contributed by atoms with Crippen molar-refractivity contribution in [2.24, 2.45) is 0 Å². The summed E-state index contributed by atoms with van der Waals surface area (Å²) >= 11 is 6.78. The molecular formula is C16H19ClN4O3S. The molecule has 7 nitrogen and oxygen atoms in total. The first kappa shape index (κ1) is 17.9. The van der Waals surface area contributed by atoms with E-state index in [1.807, 2.05) is 11.0 Å². The van der Waals surface area contributed by atoms with E-state index in [0.29, 0.717) is 10.7 Å². The van der Waals surface area contributed by atoms with Gasteiger partial charge in [0.2, 0.25) is 0 Å². The maximum atomic E-state index is 12.6. The molecule has 0 aliphatic carbocycles. The summed E-state index contributed by atoms with van der Waals surface area (Å²) in [5, 5.41) is 3.00. The number of carbonyl (C=O) groups is 2. The van der Waals surface area contributed by atoms with E-state index in [1.165, 1.54) is 11.3 Å². The fourth-order valence-electron chi connectivity index (χ4n) is 2.56. The number of fused-ring (bicyclic) bond motifs is 1. The second kappa shape index (κ2) is 7.99. The number of piperazine rings is 1. The molecule has 1 aliphatic rings. The Morgan fingerprint density at radius 2 is 2.08 bits per heavy atom. The van der Waals surface area contributed by atoms with Gasteiger partial charge in [0, 0.05) is 31.7 Å². The molecule has 1 aromatic heterocycles. The summed E-state index contributed by atoms with van der Waals surface area (Å²) in [4.78, 5) is 32.6. The smallest absolute Gasteiger partial charge is 0.413 e. The van der Waals surface area contributed by atoms with Crippen molar-refractivity contribution in [1.29, 1.82) is 0 Å². The molecule has 3 rings (SSSR count).